The van der Waals surface area contributed by atoms with Gasteiger partial charge < -0.3 is 19.6 Å². The van der Waals surface area contributed by atoms with Crippen LogP contribution in [0.4, 0.5) is 0 Å². The Bertz CT molecular complexity index is 959. The van der Waals surface area contributed by atoms with Gasteiger partial charge in [-0.15, -0.1) is 0 Å². The SMILES string of the molecule is Cc1ccc(-c2nc(OC3CCCC(C(=O)NC4(C(=O)O)CCCCC4)C3)c(C)o2)cc1. The Balaban J connectivity index is 1.40. The van der Waals surface area contributed by atoms with E-state index in [0.29, 0.717) is 36.8 Å². The van der Waals surface area contributed by atoms with Gasteiger partial charge in [-0.3, -0.25) is 4.79 Å². The molecule has 2 saturated carbocycles. The number of nitrogens with one attached hydrogen (secondary N) is 1. The molecule has 2 N–H and O–H groups in total. The van der Waals surface area contributed by atoms with Crippen LogP contribution in [0.3, 0.4) is 0 Å². The minimum Gasteiger partial charge on any atom is -0.480 e. The number of nitrogens with zero attached hydrogens (tertiary/aromatic N) is 1. The van der Waals surface area contributed by atoms with Crippen LogP contribution in [0.1, 0.15) is 69.1 Å². The van der Waals surface area contributed by atoms with Gasteiger partial charge in [-0.1, -0.05) is 37.0 Å². The van der Waals surface area contributed by atoms with E-state index < -0.39 is 11.5 Å². The number of ether oxygens (including phenoxy) is 1. The lowest BCUT2D eigenvalue weighted by atomic mass is 9.80. The lowest BCUT2D eigenvalue weighted by Crippen LogP contribution is -2.57. The van der Waals surface area contributed by atoms with Gasteiger partial charge in [0.1, 0.15) is 11.6 Å². The summed E-state index contributed by atoms with van der Waals surface area (Å²) in [6.45, 7) is 3.86. The number of oxazole rings is 1. The first-order chi connectivity index (χ1) is 15.4. The van der Waals surface area contributed by atoms with Gasteiger partial charge in [-0.25, -0.2) is 4.79 Å². The van der Waals surface area contributed by atoms with Crippen molar-refractivity contribution in [1.82, 2.24) is 10.3 Å². The van der Waals surface area contributed by atoms with Crippen molar-refractivity contribution < 1.29 is 23.8 Å². The third-order valence-electron chi connectivity index (χ3n) is 6.81. The number of hydrogen-bond donors (Lipinski definition) is 2. The number of carbonyl (C=O) groups excluding carboxylic acids is 1. The average molecular weight is 441 g/mol. The van der Waals surface area contributed by atoms with Crippen molar-refractivity contribution in [1.29, 1.82) is 0 Å². The lowest BCUT2D eigenvalue weighted by Gasteiger charge is -2.36. The van der Waals surface area contributed by atoms with Crippen molar-refractivity contribution >= 4 is 11.9 Å². The van der Waals surface area contributed by atoms with E-state index in [1.54, 1.807) is 0 Å². The number of aromatic nitrogens is 1. The molecule has 4 rings (SSSR count). The molecule has 172 valence electrons. The van der Waals surface area contributed by atoms with Crippen LogP contribution >= 0.6 is 0 Å². The fourth-order valence-electron chi connectivity index (χ4n) is 4.84. The molecule has 2 aliphatic rings. The summed E-state index contributed by atoms with van der Waals surface area (Å²) in [4.78, 5) is 29.4. The zero-order valence-electron chi connectivity index (χ0n) is 18.9. The highest BCUT2D eigenvalue weighted by atomic mass is 16.5. The molecule has 0 spiro atoms. The zero-order chi connectivity index (χ0) is 22.7. The molecule has 2 fully saturated rings. The molecule has 7 heteroatoms. The van der Waals surface area contributed by atoms with E-state index in [-0.39, 0.29) is 17.9 Å². The molecule has 0 saturated heterocycles. The van der Waals surface area contributed by atoms with Crippen LogP contribution < -0.4 is 10.1 Å². The van der Waals surface area contributed by atoms with Gasteiger partial charge in [0.05, 0.1) is 0 Å². The summed E-state index contributed by atoms with van der Waals surface area (Å²) in [6.07, 6.45) is 6.51. The Hall–Kier alpha value is -2.83. The second-order valence-corrected chi connectivity index (χ2v) is 9.29. The summed E-state index contributed by atoms with van der Waals surface area (Å²) in [7, 11) is 0. The van der Waals surface area contributed by atoms with Crippen molar-refractivity contribution in [3.8, 4) is 17.3 Å². The number of hydrogen-bond acceptors (Lipinski definition) is 5. The summed E-state index contributed by atoms with van der Waals surface area (Å²) < 4.78 is 12.0. The first kappa shape index (κ1) is 22.4. The minimum absolute atomic E-state index is 0.152. The highest BCUT2D eigenvalue weighted by Gasteiger charge is 2.42. The Morgan fingerprint density at radius 2 is 1.81 bits per heavy atom. The molecule has 7 nitrogen and oxygen atoms in total. The normalized spacial score (nSPS) is 22.8. The second-order valence-electron chi connectivity index (χ2n) is 9.29. The zero-order valence-corrected chi connectivity index (χ0v) is 18.9. The molecule has 0 aliphatic heterocycles. The number of carboxylic acid groups (broad SMARTS) is 1. The van der Waals surface area contributed by atoms with E-state index >= 15 is 0 Å². The largest absolute Gasteiger partial charge is 0.480 e. The summed E-state index contributed by atoms with van der Waals surface area (Å²) in [5.41, 5.74) is 0.938. The number of amides is 1. The maximum Gasteiger partial charge on any atom is 0.329 e. The Kier molecular flexibility index (Phi) is 6.53. The fourth-order valence-corrected chi connectivity index (χ4v) is 4.84. The monoisotopic (exact) mass is 440 g/mol. The van der Waals surface area contributed by atoms with Gasteiger partial charge in [-0.05, 0) is 64.5 Å². The number of carbonyl (C=O) groups is 2. The van der Waals surface area contributed by atoms with Crippen molar-refractivity contribution in [3.05, 3.63) is 35.6 Å². The quantitative estimate of drug-likeness (QED) is 0.669. The van der Waals surface area contributed by atoms with Crippen LogP contribution in [0.5, 0.6) is 5.88 Å². The fraction of sp³-hybridized carbons (Fsp3) is 0.560. The summed E-state index contributed by atoms with van der Waals surface area (Å²) in [5.74, 6) is 0.245. The summed E-state index contributed by atoms with van der Waals surface area (Å²) in [6, 6.07) is 7.95. The van der Waals surface area contributed by atoms with Gasteiger partial charge >= 0.3 is 5.97 Å². The van der Waals surface area contributed by atoms with Crippen molar-refractivity contribution in [2.24, 2.45) is 5.92 Å². The molecule has 1 aromatic heterocycles. The van der Waals surface area contributed by atoms with Gasteiger partial charge in [0, 0.05) is 11.5 Å². The Morgan fingerprint density at radius 3 is 2.50 bits per heavy atom. The van der Waals surface area contributed by atoms with E-state index in [9.17, 15) is 14.7 Å². The topological polar surface area (TPSA) is 102 Å². The molecule has 2 aromatic rings. The Labute approximate surface area is 188 Å². The van der Waals surface area contributed by atoms with E-state index in [1.165, 1.54) is 0 Å². The van der Waals surface area contributed by atoms with Gasteiger partial charge in [0.25, 0.3) is 5.88 Å². The number of rotatable bonds is 6. The third kappa shape index (κ3) is 4.81. The van der Waals surface area contributed by atoms with Gasteiger partial charge in [0.2, 0.25) is 11.8 Å². The molecule has 1 heterocycles. The number of benzene rings is 1. The van der Waals surface area contributed by atoms with Crippen LogP contribution in [-0.2, 0) is 9.59 Å². The average Bonchev–Trinajstić information content (AvgIpc) is 3.15. The second kappa shape index (κ2) is 9.35. The van der Waals surface area contributed by atoms with Crippen molar-refractivity contribution in [2.45, 2.75) is 83.3 Å². The maximum absolute atomic E-state index is 13.0. The molecule has 0 radical (unpaired) electrons. The highest BCUT2D eigenvalue weighted by molar-refractivity contribution is 5.88. The summed E-state index contributed by atoms with van der Waals surface area (Å²) in [5, 5.41) is 12.7. The number of aryl methyl sites for hydroxylation is 2. The van der Waals surface area contributed by atoms with Gasteiger partial charge in [-0.2, -0.15) is 4.98 Å². The molecule has 2 aliphatic carbocycles. The Morgan fingerprint density at radius 1 is 1.09 bits per heavy atom. The maximum atomic E-state index is 13.0. The predicted octanol–water partition coefficient (Wildman–Crippen LogP) is 4.80. The molecule has 1 amide bonds. The van der Waals surface area contributed by atoms with Crippen molar-refractivity contribution in [2.75, 3.05) is 0 Å². The predicted molar refractivity (Wildman–Crippen MR) is 119 cm³/mol. The molecular weight excluding hydrogens is 408 g/mol. The standard InChI is InChI=1S/C25H32N2O5/c1-16-9-11-18(12-10-16)23-26-22(17(2)31-23)32-20-8-6-7-19(15-20)21(28)27-25(24(29)30)13-4-3-5-14-25/h9-12,19-20H,3-8,13-15H2,1-2H3,(H,27,28)(H,29,30). The highest BCUT2D eigenvalue weighted by Crippen LogP contribution is 2.33. The van der Waals surface area contributed by atoms with E-state index in [4.69, 9.17) is 9.15 Å². The molecule has 32 heavy (non-hydrogen) atoms. The van der Waals surface area contributed by atoms with Crippen molar-refractivity contribution in [3.63, 3.8) is 0 Å². The molecule has 1 aromatic carbocycles. The smallest absolute Gasteiger partial charge is 0.329 e. The minimum atomic E-state index is -1.12. The first-order valence-corrected chi connectivity index (χ1v) is 11.6. The van der Waals surface area contributed by atoms with E-state index in [2.05, 4.69) is 10.3 Å². The third-order valence-corrected chi connectivity index (χ3v) is 6.81. The van der Waals surface area contributed by atoms with Crippen LogP contribution in [0, 0.1) is 19.8 Å². The number of carboxylic acids is 1. The molecule has 2 unspecified atom stereocenters. The van der Waals surface area contributed by atoms with Crippen LogP contribution in [0.25, 0.3) is 11.5 Å². The van der Waals surface area contributed by atoms with Gasteiger partial charge in [0.15, 0.2) is 5.76 Å². The summed E-state index contributed by atoms with van der Waals surface area (Å²) >= 11 is 0. The molecular formula is C25H32N2O5. The molecule has 2 atom stereocenters. The van der Waals surface area contributed by atoms with Crippen LogP contribution in [0.15, 0.2) is 28.7 Å². The lowest BCUT2D eigenvalue weighted by molar-refractivity contribution is -0.150. The number of aliphatic carboxylic acids is 1. The molecule has 0 bridgehead atoms. The van der Waals surface area contributed by atoms with Crippen LogP contribution in [-0.4, -0.2) is 33.6 Å². The first-order valence-electron chi connectivity index (χ1n) is 11.6. The van der Waals surface area contributed by atoms with E-state index in [0.717, 1.165) is 49.7 Å². The van der Waals surface area contributed by atoms with Crippen LogP contribution in [0.2, 0.25) is 0 Å². The van der Waals surface area contributed by atoms with E-state index in [1.807, 2.05) is 38.1 Å².